The van der Waals surface area contributed by atoms with Gasteiger partial charge in [0, 0.05) is 6.54 Å². The van der Waals surface area contributed by atoms with Crippen molar-refractivity contribution >= 4 is 9.84 Å². The van der Waals surface area contributed by atoms with E-state index in [1.165, 1.54) is 0 Å². The van der Waals surface area contributed by atoms with Crippen LogP contribution in [0, 0.1) is 0 Å². The van der Waals surface area contributed by atoms with Gasteiger partial charge in [0.1, 0.15) is 0 Å². The Bertz CT molecular complexity index is 409. The van der Waals surface area contributed by atoms with Crippen LogP contribution in [-0.4, -0.2) is 26.8 Å². The highest BCUT2D eigenvalue weighted by atomic mass is 32.2. The minimum Gasteiger partial charge on any atom is -0.315 e. The van der Waals surface area contributed by atoms with Gasteiger partial charge in [0.05, 0.1) is 10.1 Å². The maximum Gasteiger partial charge on any atom is 0.182 e. The zero-order valence-corrected chi connectivity index (χ0v) is 13.3. The van der Waals surface area contributed by atoms with Gasteiger partial charge in [-0.1, -0.05) is 45.9 Å². The Hall–Kier alpha value is -0.870. The first kappa shape index (κ1) is 18.1. The van der Waals surface area contributed by atoms with Gasteiger partial charge in [-0.2, -0.15) is 0 Å². The van der Waals surface area contributed by atoms with Gasteiger partial charge in [0.2, 0.25) is 0 Å². The summed E-state index contributed by atoms with van der Waals surface area (Å²) >= 11 is 0. The van der Waals surface area contributed by atoms with Gasteiger partial charge in [0.25, 0.3) is 0 Å². The van der Waals surface area contributed by atoms with Crippen LogP contribution < -0.4 is 5.32 Å². The van der Waals surface area contributed by atoms with Crippen LogP contribution in [0.4, 0.5) is 0 Å². The van der Waals surface area contributed by atoms with Crippen molar-refractivity contribution in [3.63, 3.8) is 0 Å². The number of piperidine rings is 1. The van der Waals surface area contributed by atoms with Gasteiger partial charge in [-0.3, -0.25) is 0 Å². The summed E-state index contributed by atoms with van der Waals surface area (Å²) < 4.78 is 24.3. The third-order valence-corrected chi connectivity index (χ3v) is 4.97. The fraction of sp³-hybridized carbons (Fsp3) is 0.600. The molecule has 1 aliphatic heterocycles. The molecule has 1 N–H and O–H groups in total. The van der Waals surface area contributed by atoms with Crippen molar-refractivity contribution in [1.82, 2.24) is 5.32 Å². The molecule has 4 heteroatoms. The second kappa shape index (κ2) is 9.98. The molecule has 0 saturated carbocycles. The average molecular weight is 285 g/mol. The molecule has 0 amide bonds. The van der Waals surface area contributed by atoms with Crippen LogP contribution >= 0.6 is 0 Å². The Labute approximate surface area is 118 Å². The van der Waals surface area contributed by atoms with E-state index in [-0.39, 0.29) is 5.25 Å². The SMILES string of the molecule is CC.CC.O=S(=O)(c1ccccc1)C1CCCNC1. The third-order valence-electron chi connectivity index (χ3n) is 2.76. The van der Waals surface area contributed by atoms with Gasteiger partial charge in [-0.25, -0.2) is 8.42 Å². The van der Waals surface area contributed by atoms with Crippen LogP contribution in [0.1, 0.15) is 40.5 Å². The Morgan fingerprint density at radius 2 is 1.63 bits per heavy atom. The standard InChI is InChI=1S/C11H15NO2S.2C2H6/c13-15(14,10-5-2-1-3-6-10)11-7-4-8-12-9-11;2*1-2/h1-3,5-6,11-12H,4,7-9H2;2*1-2H3. The van der Waals surface area contributed by atoms with E-state index in [9.17, 15) is 8.42 Å². The number of sulfone groups is 1. The van der Waals surface area contributed by atoms with E-state index in [0.717, 1.165) is 19.4 Å². The molecule has 1 aromatic carbocycles. The molecule has 1 saturated heterocycles. The lowest BCUT2D eigenvalue weighted by Gasteiger charge is -2.22. The topological polar surface area (TPSA) is 46.2 Å². The predicted molar refractivity (Wildman–Crippen MR) is 82.2 cm³/mol. The molecule has 0 aromatic heterocycles. The molecule has 1 heterocycles. The lowest BCUT2D eigenvalue weighted by Crippen LogP contribution is -2.38. The molecule has 1 unspecified atom stereocenters. The Balaban J connectivity index is 0.000000741. The fourth-order valence-electron chi connectivity index (χ4n) is 1.89. The van der Waals surface area contributed by atoms with Gasteiger partial charge < -0.3 is 5.32 Å². The minimum absolute atomic E-state index is 0.256. The normalized spacial score (nSPS) is 18.4. The highest BCUT2D eigenvalue weighted by Crippen LogP contribution is 2.20. The summed E-state index contributed by atoms with van der Waals surface area (Å²) in [5, 5.41) is 2.88. The first-order valence-corrected chi connectivity index (χ1v) is 8.75. The van der Waals surface area contributed by atoms with E-state index in [1.54, 1.807) is 24.3 Å². The fourth-order valence-corrected chi connectivity index (χ4v) is 3.62. The molecule has 3 nitrogen and oxygen atoms in total. The summed E-state index contributed by atoms with van der Waals surface area (Å²) in [5.74, 6) is 0. The number of rotatable bonds is 2. The number of hydrogen-bond donors (Lipinski definition) is 1. The van der Waals surface area contributed by atoms with E-state index >= 15 is 0 Å². The number of benzene rings is 1. The smallest absolute Gasteiger partial charge is 0.182 e. The number of nitrogens with one attached hydrogen (secondary N) is 1. The first-order valence-electron chi connectivity index (χ1n) is 7.21. The average Bonchev–Trinajstić information content (AvgIpc) is 2.53. The monoisotopic (exact) mass is 285 g/mol. The lowest BCUT2D eigenvalue weighted by molar-refractivity contribution is 0.497. The zero-order valence-electron chi connectivity index (χ0n) is 12.5. The van der Waals surface area contributed by atoms with E-state index in [1.807, 2.05) is 33.8 Å². The number of hydrogen-bond acceptors (Lipinski definition) is 3. The predicted octanol–water partition coefficient (Wildman–Crippen LogP) is 3.26. The molecule has 1 aliphatic rings. The zero-order chi connectivity index (χ0) is 14.7. The molecule has 0 radical (unpaired) electrons. The van der Waals surface area contributed by atoms with Gasteiger partial charge in [-0.15, -0.1) is 0 Å². The highest BCUT2D eigenvalue weighted by molar-refractivity contribution is 7.92. The maximum atomic E-state index is 12.1. The van der Waals surface area contributed by atoms with Crippen LogP contribution in [0.25, 0.3) is 0 Å². The van der Waals surface area contributed by atoms with E-state index in [4.69, 9.17) is 0 Å². The van der Waals surface area contributed by atoms with Crippen molar-refractivity contribution in [1.29, 1.82) is 0 Å². The highest BCUT2D eigenvalue weighted by Gasteiger charge is 2.28. The largest absolute Gasteiger partial charge is 0.315 e. The third kappa shape index (κ3) is 5.33. The molecule has 1 fully saturated rings. The summed E-state index contributed by atoms with van der Waals surface area (Å²) in [5.41, 5.74) is 0. The van der Waals surface area contributed by atoms with Crippen molar-refractivity contribution in [3.8, 4) is 0 Å². The molecular formula is C15H27NO2S. The molecule has 0 spiro atoms. The Kier molecular flexibility index (Phi) is 9.53. The van der Waals surface area contributed by atoms with Crippen LogP contribution in [0.5, 0.6) is 0 Å². The summed E-state index contributed by atoms with van der Waals surface area (Å²) in [7, 11) is -3.12. The molecule has 110 valence electrons. The van der Waals surface area contributed by atoms with Crippen LogP contribution in [0.15, 0.2) is 35.2 Å². The second-order valence-corrected chi connectivity index (χ2v) is 6.05. The van der Waals surface area contributed by atoms with Crippen molar-refractivity contribution in [2.24, 2.45) is 0 Å². The Morgan fingerprint density at radius 1 is 1.05 bits per heavy atom. The summed E-state index contributed by atoms with van der Waals surface area (Å²) in [4.78, 5) is 0.443. The van der Waals surface area contributed by atoms with Crippen molar-refractivity contribution in [2.45, 2.75) is 50.7 Å². The van der Waals surface area contributed by atoms with Crippen LogP contribution in [0.2, 0.25) is 0 Å². The summed E-state index contributed by atoms with van der Waals surface area (Å²) in [6, 6.07) is 8.71. The molecular weight excluding hydrogens is 258 g/mol. The van der Waals surface area contributed by atoms with Crippen molar-refractivity contribution in [2.75, 3.05) is 13.1 Å². The molecule has 0 bridgehead atoms. The second-order valence-electron chi connectivity index (χ2n) is 3.83. The van der Waals surface area contributed by atoms with E-state index in [2.05, 4.69) is 5.32 Å². The molecule has 1 aromatic rings. The molecule has 2 rings (SSSR count). The Morgan fingerprint density at radius 3 is 2.11 bits per heavy atom. The van der Waals surface area contributed by atoms with Gasteiger partial charge in [0.15, 0.2) is 9.84 Å². The van der Waals surface area contributed by atoms with Crippen molar-refractivity contribution in [3.05, 3.63) is 30.3 Å². The van der Waals surface area contributed by atoms with E-state index in [0.29, 0.717) is 11.4 Å². The molecule has 19 heavy (non-hydrogen) atoms. The van der Waals surface area contributed by atoms with Gasteiger partial charge >= 0.3 is 0 Å². The van der Waals surface area contributed by atoms with Crippen molar-refractivity contribution < 1.29 is 8.42 Å². The van der Waals surface area contributed by atoms with Crippen LogP contribution in [-0.2, 0) is 9.84 Å². The van der Waals surface area contributed by atoms with Gasteiger partial charge in [-0.05, 0) is 31.5 Å². The minimum atomic E-state index is -3.12. The summed E-state index contributed by atoms with van der Waals surface area (Å²) in [6.07, 6.45) is 1.71. The quantitative estimate of drug-likeness (QED) is 0.907. The van der Waals surface area contributed by atoms with E-state index < -0.39 is 9.84 Å². The first-order chi connectivity index (χ1) is 9.21. The molecule has 1 atom stereocenters. The summed E-state index contributed by atoms with van der Waals surface area (Å²) in [6.45, 7) is 9.51. The van der Waals surface area contributed by atoms with Crippen LogP contribution in [0.3, 0.4) is 0 Å². The maximum absolute atomic E-state index is 12.1. The molecule has 0 aliphatic carbocycles. The lowest BCUT2D eigenvalue weighted by atomic mass is 10.2.